The maximum Gasteiger partial charge on any atom is 0.412 e. The van der Waals surface area contributed by atoms with E-state index in [1.165, 1.54) is 0 Å². The molecule has 0 atom stereocenters. The Hall–Kier alpha value is -1.23. The van der Waals surface area contributed by atoms with Gasteiger partial charge in [0.25, 0.3) is 0 Å². The molecule has 118 valence electrons. The zero-order valence-corrected chi connectivity index (χ0v) is 15.1. The van der Waals surface area contributed by atoms with Gasteiger partial charge in [-0.3, -0.25) is 5.32 Å². The Kier molecular flexibility index (Phi) is 5.68. The lowest BCUT2D eigenvalue weighted by molar-refractivity contribution is 0.0636. The fourth-order valence-electron chi connectivity index (χ4n) is 1.81. The van der Waals surface area contributed by atoms with Gasteiger partial charge in [0.1, 0.15) is 11.4 Å². The minimum absolute atomic E-state index is 0.114. The van der Waals surface area contributed by atoms with Crippen molar-refractivity contribution in [3.63, 3.8) is 0 Å². The first-order chi connectivity index (χ1) is 9.59. The molecule has 0 unspecified atom stereocenters. The summed E-state index contributed by atoms with van der Waals surface area (Å²) >= 11 is 3.52. The van der Waals surface area contributed by atoms with E-state index in [2.05, 4.69) is 35.1 Å². The van der Waals surface area contributed by atoms with Crippen LogP contribution < -0.4 is 10.1 Å². The van der Waals surface area contributed by atoms with E-state index in [4.69, 9.17) is 9.47 Å². The molecule has 0 heterocycles. The van der Waals surface area contributed by atoms with Crippen LogP contribution >= 0.6 is 15.9 Å². The first-order valence-electron chi connectivity index (χ1n) is 6.83. The molecule has 1 rings (SSSR count). The van der Waals surface area contributed by atoms with Crippen molar-refractivity contribution < 1.29 is 14.3 Å². The highest BCUT2D eigenvalue weighted by molar-refractivity contribution is 9.09. The van der Waals surface area contributed by atoms with Gasteiger partial charge < -0.3 is 9.47 Å². The number of amides is 1. The van der Waals surface area contributed by atoms with Crippen molar-refractivity contribution in [3.05, 3.63) is 23.8 Å². The number of carbonyl (C=O) groups excluding carboxylic acids is 1. The molecule has 0 fully saturated rings. The van der Waals surface area contributed by atoms with E-state index in [1.54, 1.807) is 13.2 Å². The predicted octanol–water partition coefficient (Wildman–Crippen LogP) is 4.71. The first kappa shape index (κ1) is 17.8. The van der Waals surface area contributed by atoms with Gasteiger partial charge in [-0.25, -0.2) is 4.79 Å². The van der Waals surface area contributed by atoms with Crippen molar-refractivity contribution in [1.82, 2.24) is 0 Å². The van der Waals surface area contributed by atoms with Crippen molar-refractivity contribution in [2.24, 2.45) is 0 Å². The largest absolute Gasteiger partial charge is 0.496 e. The van der Waals surface area contributed by atoms with E-state index in [1.807, 2.05) is 32.9 Å². The zero-order valence-electron chi connectivity index (χ0n) is 13.5. The number of benzene rings is 1. The molecule has 0 radical (unpaired) electrons. The van der Waals surface area contributed by atoms with Gasteiger partial charge in [0, 0.05) is 22.0 Å². The lowest BCUT2D eigenvalue weighted by atomic mass is 9.86. The zero-order chi connectivity index (χ0) is 16.3. The van der Waals surface area contributed by atoms with Gasteiger partial charge in [0.05, 0.1) is 7.11 Å². The van der Waals surface area contributed by atoms with Crippen LogP contribution in [0.15, 0.2) is 18.2 Å². The summed E-state index contributed by atoms with van der Waals surface area (Å²) < 4.78 is 10.7. The minimum atomic E-state index is -0.519. The van der Waals surface area contributed by atoms with E-state index in [0.29, 0.717) is 5.69 Å². The number of halogens is 1. The van der Waals surface area contributed by atoms with Crippen molar-refractivity contribution in [3.8, 4) is 5.75 Å². The van der Waals surface area contributed by atoms with E-state index in [0.717, 1.165) is 16.6 Å². The van der Waals surface area contributed by atoms with Crippen LogP contribution in [-0.4, -0.2) is 24.1 Å². The van der Waals surface area contributed by atoms with Gasteiger partial charge in [-0.2, -0.15) is 0 Å². The third-order valence-corrected chi connectivity index (χ3v) is 4.31. The molecule has 0 saturated heterocycles. The number of rotatable bonds is 4. The third-order valence-electron chi connectivity index (χ3n) is 2.91. The molecule has 1 aromatic rings. The number of ether oxygens (including phenoxy) is 2. The topological polar surface area (TPSA) is 47.6 Å². The van der Waals surface area contributed by atoms with Crippen molar-refractivity contribution >= 4 is 27.7 Å². The molecular weight excluding hydrogens is 334 g/mol. The van der Waals surface area contributed by atoms with Crippen LogP contribution in [0.4, 0.5) is 10.5 Å². The molecule has 4 nitrogen and oxygen atoms in total. The van der Waals surface area contributed by atoms with Crippen LogP contribution in [0.25, 0.3) is 0 Å². The summed E-state index contributed by atoms with van der Waals surface area (Å²) in [6.07, 6.45) is -0.463. The van der Waals surface area contributed by atoms with Crippen LogP contribution in [0.5, 0.6) is 5.75 Å². The Morgan fingerprint density at radius 3 is 2.33 bits per heavy atom. The van der Waals surface area contributed by atoms with E-state index in [9.17, 15) is 4.79 Å². The molecule has 0 aliphatic heterocycles. The molecule has 1 aromatic carbocycles. The number of methoxy groups -OCH3 is 1. The number of carbonyl (C=O) groups is 1. The van der Waals surface area contributed by atoms with E-state index < -0.39 is 11.7 Å². The molecule has 0 aromatic heterocycles. The highest BCUT2D eigenvalue weighted by atomic mass is 79.9. The Morgan fingerprint density at radius 2 is 1.86 bits per heavy atom. The Balaban J connectivity index is 3.01. The number of alkyl halides is 1. The molecule has 0 spiro atoms. The Labute approximate surface area is 135 Å². The average molecular weight is 358 g/mol. The normalized spacial score (nSPS) is 12.0. The van der Waals surface area contributed by atoms with Crippen LogP contribution in [0.1, 0.15) is 40.2 Å². The summed E-state index contributed by atoms with van der Waals surface area (Å²) in [6.45, 7) is 9.72. The molecule has 1 N–H and O–H groups in total. The van der Waals surface area contributed by atoms with Gasteiger partial charge in [-0.1, -0.05) is 29.8 Å². The Bertz CT molecular complexity index is 507. The SMILES string of the molecule is COc1ccc(NC(=O)OC(C)(C)C)cc1C(C)(C)CBr. The van der Waals surface area contributed by atoms with E-state index >= 15 is 0 Å². The third kappa shape index (κ3) is 5.23. The minimum Gasteiger partial charge on any atom is -0.496 e. The molecule has 1 amide bonds. The summed E-state index contributed by atoms with van der Waals surface area (Å²) in [6, 6.07) is 5.58. The summed E-state index contributed by atoms with van der Waals surface area (Å²) in [4.78, 5) is 11.8. The summed E-state index contributed by atoms with van der Waals surface area (Å²) in [5.74, 6) is 0.800. The molecule has 0 bridgehead atoms. The standard InChI is InChI=1S/C16H24BrNO3/c1-15(2,3)21-14(19)18-11-7-8-13(20-6)12(9-11)16(4,5)10-17/h7-9H,10H2,1-6H3,(H,18,19). The average Bonchev–Trinajstić information content (AvgIpc) is 2.36. The van der Waals surface area contributed by atoms with Gasteiger partial charge >= 0.3 is 6.09 Å². The maximum absolute atomic E-state index is 11.8. The fraction of sp³-hybridized carbons (Fsp3) is 0.562. The molecule has 0 aliphatic rings. The monoisotopic (exact) mass is 357 g/mol. The number of hydrogen-bond acceptors (Lipinski definition) is 3. The van der Waals surface area contributed by atoms with Crippen molar-refractivity contribution in [2.75, 3.05) is 17.8 Å². The second kappa shape index (κ2) is 6.69. The van der Waals surface area contributed by atoms with Crippen LogP contribution in [0, 0.1) is 0 Å². The fourth-order valence-corrected chi connectivity index (χ4v) is 2.11. The quantitative estimate of drug-likeness (QED) is 0.793. The van der Waals surface area contributed by atoms with Crippen LogP contribution in [0.2, 0.25) is 0 Å². The summed E-state index contributed by atoms with van der Waals surface area (Å²) in [5, 5.41) is 3.54. The van der Waals surface area contributed by atoms with Gasteiger partial charge in [-0.05, 0) is 39.0 Å². The molecule has 0 aliphatic carbocycles. The van der Waals surface area contributed by atoms with Gasteiger partial charge in [-0.15, -0.1) is 0 Å². The summed E-state index contributed by atoms with van der Waals surface area (Å²) in [7, 11) is 1.64. The first-order valence-corrected chi connectivity index (χ1v) is 7.96. The highest BCUT2D eigenvalue weighted by Crippen LogP contribution is 2.35. The lowest BCUT2D eigenvalue weighted by Crippen LogP contribution is -2.27. The molecular formula is C16H24BrNO3. The number of hydrogen-bond donors (Lipinski definition) is 1. The van der Waals surface area contributed by atoms with E-state index in [-0.39, 0.29) is 5.41 Å². The van der Waals surface area contributed by atoms with Gasteiger partial charge in [0.15, 0.2) is 0 Å². The number of anilines is 1. The van der Waals surface area contributed by atoms with Crippen molar-refractivity contribution in [2.45, 2.75) is 45.6 Å². The lowest BCUT2D eigenvalue weighted by Gasteiger charge is -2.26. The smallest absolute Gasteiger partial charge is 0.412 e. The molecule has 21 heavy (non-hydrogen) atoms. The maximum atomic E-state index is 11.8. The Morgan fingerprint density at radius 1 is 1.24 bits per heavy atom. The molecule has 5 heteroatoms. The molecule has 0 saturated carbocycles. The highest BCUT2D eigenvalue weighted by Gasteiger charge is 2.24. The van der Waals surface area contributed by atoms with Crippen LogP contribution in [-0.2, 0) is 10.2 Å². The van der Waals surface area contributed by atoms with Crippen molar-refractivity contribution in [1.29, 1.82) is 0 Å². The second-order valence-electron chi connectivity index (χ2n) is 6.56. The summed E-state index contributed by atoms with van der Waals surface area (Å²) in [5.41, 5.74) is 1.08. The number of nitrogens with one attached hydrogen (secondary N) is 1. The van der Waals surface area contributed by atoms with Gasteiger partial charge in [0.2, 0.25) is 0 Å². The predicted molar refractivity (Wildman–Crippen MR) is 89.7 cm³/mol. The second-order valence-corrected chi connectivity index (χ2v) is 7.12. The van der Waals surface area contributed by atoms with Crippen LogP contribution in [0.3, 0.4) is 0 Å².